The molecule has 0 saturated heterocycles. The van der Waals surface area contributed by atoms with Crippen LogP contribution in [0.25, 0.3) is 0 Å². The fourth-order valence-corrected chi connectivity index (χ4v) is 1.80. The normalized spacial score (nSPS) is 14.5. The van der Waals surface area contributed by atoms with Crippen LogP contribution in [0.2, 0.25) is 0 Å². The summed E-state index contributed by atoms with van der Waals surface area (Å²) >= 11 is 0. The second kappa shape index (κ2) is 6.59. The van der Waals surface area contributed by atoms with E-state index in [9.17, 15) is 0 Å². The monoisotopic (exact) mass is 238 g/mol. The van der Waals surface area contributed by atoms with E-state index in [4.69, 9.17) is 15.6 Å². The summed E-state index contributed by atoms with van der Waals surface area (Å²) in [5, 5.41) is 12.5. The summed E-state index contributed by atoms with van der Waals surface area (Å²) in [5.74, 6) is 0. The maximum absolute atomic E-state index is 9.05. The molecule has 0 aliphatic heterocycles. The fraction of sp³-hybridized carbons (Fsp3) is 0.538. The van der Waals surface area contributed by atoms with Crippen LogP contribution in [-0.4, -0.2) is 31.0 Å². The van der Waals surface area contributed by atoms with Crippen LogP contribution in [0.3, 0.4) is 0 Å². The zero-order valence-electron chi connectivity index (χ0n) is 10.6. The number of anilines is 1. The molecule has 0 amide bonds. The van der Waals surface area contributed by atoms with Gasteiger partial charge in [0.15, 0.2) is 0 Å². The standard InChI is InChI=1S/C13H22N2O2/c1-13(6-7-16,10-17-2)15-9-11-4-3-5-12(14)8-11/h3-5,8,15-16H,6-7,9-10,14H2,1-2H3. The number of nitrogens with one attached hydrogen (secondary N) is 1. The molecule has 0 saturated carbocycles. The minimum atomic E-state index is -0.214. The lowest BCUT2D eigenvalue weighted by molar-refractivity contribution is 0.0970. The van der Waals surface area contributed by atoms with Crippen molar-refractivity contribution in [3.05, 3.63) is 29.8 Å². The van der Waals surface area contributed by atoms with E-state index < -0.39 is 0 Å². The van der Waals surface area contributed by atoms with Crippen LogP contribution in [-0.2, 0) is 11.3 Å². The second-order valence-corrected chi connectivity index (χ2v) is 4.57. The molecule has 1 rings (SSSR count). The molecular weight excluding hydrogens is 216 g/mol. The number of rotatable bonds is 7. The van der Waals surface area contributed by atoms with Crippen LogP contribution in [0.4, 0.5) is 5.69 Å². The summed E-state index contributed by atoms with van der Waals surface area (Å²) in [5.41, 5.74) is 7.40. The van der Waals surface area contributed by atoms with E-state index in [0.29, 0.717) is 19.6 Å². The van der Waals surface area contributed by atoms with Crippen LogP contribution in [0.5, 0.6) is 0 Å². The number of nitrogen functional groups attached to an aromatic ring is 1. The molecule has 0 aliphatic carbocycles. The molecule has 0 spiro atoms. The average molecular weight is 238 g/mol. The smallest absolute Gasteiger partial charge is 0.0642 e. The highest BCUT2D eigenvalue weighted by Crippen LogP contribution is 2.12. The van der Waals surface area contributed by atoms with Crippen molar-refractivity contribution in [2.75, 3.05) is 26.1 Å². The van der Waals surface area contributed by atoms with E-state index in [1.165, 1.54) is 0 Å². The lowest BCUT2D eigenvalue weighted by Crippen LogP contribution is -2.46. The Morgan fingerprint density at radius 3 is 2.82 bits per heavy atom. The summed E-state index contributed by atoms with van der Waals surface area (Å²) in [7, 11) is 1.66. The van der Waals surface area contributed by atoms with Gasteiger partial charge in [-0.05, 0) is 31.0 Å². The molecule has 1 aromatic rings. The number of benzene rings is 1. The van der Waals surface area contributed by atoms with Crippen LogP contribution >= 0.6 is 0 Å². The molecule has 0 heterocycles. The van der Waals surface area contributed by atoms with Crippen molar-refractivity contribution < 1.29 is 9.84 Å². The molecule has 1 unspecified atom stereocenters. The topological polar surface area (TPSA) is 67.5 Å². The average Bonchev–Trinajstić information content (AvgIpc) is 2.27. The number of hydrogen-bond donors (Lipinski definition) is 3. The van der Waals surface area contributed by atoms with Gasteiger partial charge in [-0.15, -0.1) is 0 Å². The Labute approximate surface area is 103 Å². The molecule has 0 aromatic heterocycles. The molecule has 96 valence electrons. The first-order valence-corrected chi connectivity index (χ1v) is 5.79. The van der Waals surface area contributed by atoms with Gasteiger partial charge >= 0.3 is 0 Å². The maximum atomic E-state index is 9.05. The lowest BCUT2D eigenvalue weighted by Gasteiger charge is -2.29. The van der Waals surface area contributed by atoms with Crippen molar-refractivity contribution in [3.63, 3.8) is 0 Å². The number of aliphatic hydroxyl groups excluding tert-OH is 1. The number of nitrogens with two attached hydrogens (primary N) is 1. The Balaban J connectivity index is 2.57. The first-order chi connectivity index (χ1) is 8.09. The number of methoxy groups -OCH3 is 1. The Hall–Kier alpha value is -1.10. The third kappa shape index (κ3) is 4.73. The van der Waals surface area contributed by atoms with Gasteiger partial charge in [-0.2, -0.15) is 0 Å². The Morgan fingerprint density at radius 2 is 2.24 bits per heavy atom. The van der Waals surface area contributed by atoms with Gasteiger partial charge in [0, 0.05) is 31.5 Å². The van der Waals surface area contributed by atoms with Gasteiger partial charge in [-0.3, -0.25) is 0 Å². The third-order valence-corrected chi connectivity index (χ3v) is 2.80. The Bertz CT molecular complexity index is 336. The molecule has 4 heteroatoms. The summed E-state index contributed by atoms with van der Waals surface area (Å²) in [6, 6.07) is 7.77. The lowest BCUT2D eigenvalue weighted by atomic mass is 9.99. The van der Waals surface area contributed by atoms with Gasteiger partial charge < -0.3 is 20.9 Å². The van der Waals surface area contributed by atoms with Gasteiger partial charge in [0.1, 0.15) is 0 Å². The van der Waals surface area contributed by atoms with Gasteiger partial charge in [-0.1, -0.05) is 12.1 Å². The predicted molar refractivity (Wildman–Crippen MR) is 69.7 cm³/mol. The quantitative estimate of drug-likeness (QED) is 0.623. The first kappa shape index (κ1) is 14.0. The van der Waals surface area contributed by atoms with Crippen LogP contribution < -0.4 is 11.1 Å². The molecule has 0 fully saturated rings. The molecule has 0 radical (unpaired) electrons. The Kier molecular flexibility index (Phi) is 5.41. The van der Waals surface area contributed by atoms with E-state index >= 15 is 0 Å². The molecule has 0 aliphatic rings. The van der Waals surface area contributed by atoms with Crippen LogP contribution in [0.15, 0.2) is 24.3 Å². The van der Waals surface area contributed by atoms with Crippen molar-refractivity contribution >= 4 is 5.69 Å². The van der Waals surface area contributed by atoms with Crippen molar-refractivity contribution in [2.24, 2.45) is 0 Å². The highest BCUT2D eigenvalue weighted by Gasteiger charge is 2.22. The summed E-state index contributed by atoms with van der Waals surface area (Å²) in [6.07, 6.45) is 0.656. The van der Waals surface area contributed by atoms with Gasteiger partial charge in [0.05, 0.1) is 6.61 Å². The van der Waals surface area contributed by atoms with Crippen LogP contribution in [0.1, 0.15) is 18.9 Å². The van der Waals surface area contributed by atoms with Gasteiger partial charge in [0.25, 0.3) is 0 Å². The zero-order valence-corrected chi connectivity index (χ0v) is 10.6. The van der Waals surface area contributed by atoms with Gasteiger partial charge in [-0.25, -0.2) is 0 Å². The number of aliphatic hydroxyl groups is 1. The van der Waals surface area contributed by atoms with Crippen LogP contribution in [0, 0.1) is 0 Å². The summed E-state index contributed by atoms with van der Waals surface area (Å²) in [4.78, 5) is 0. The molecule has 17 heavy (non-hydrogen) atoms. The minimum Gasteiger partial charge on any atom is -0.399 e. The molecule has 1 atom stereocenters. The van der Waals surface area contributed by atoms with E-state index in [1.807, 2.05) is 31.2 Å². The predicted octanol–water partition coefficient (Wildman–Crippen LogP) is 1.15. The molecular formula is C13H22N2O2. The molecule has 0 bridgehead atoms. The number of hydrogen-bond acceptors (Lipinski definition) is 4. The van der Waals surface area contributed by atoms with Crippen molar-refractivity contribution in [1.82, 2.24) is 5.32 Å². The SMILES string of the molecule is COCC(C)(CCO)NCc1cccc(N)c1. The second-order valence-electron chi connectivity index (χ2n) is 4.57. The largest absolute Gasteiger partial charge is 0.399 e. The van der Waals surface area contributed by atoms with E-state index in [0.717, 1.165) is 11.3 Å². The van der Waals surface area contributed by atoms with Crippen molar-refractivity contribution in [2.45, 2.75) is 25.4 Å². The third-order valence-electron chi connectivity index (χ3n) is 2.80. The minimum absolute atomic E-state index is 0.143. The molecule has 4 N–H and O–H groups in total. The van der Waals surface area contributed by atoms with E-state index in [2.05, 4.69) is 5.32 Å². The summed E-state index contributed by atoms with van der Waals surface area (Å²) in [6.45, 7) is 3.46. The highest BCUT2D eigenvalue weighted by atomic mass is 16.5. The zero-order chi connectivity index (χ0) is 12.7. The molecule has 4 nitrogen and oxygen atoms in total. The maximum Gasteiger partial charge on any atom is 0.0642 e. The summed E-state index contributed by atoms with van der Waals surface area (Å²) < 4.78 is 5.17. The number of ether oxygens (including phenoxy) is 1. The van der Waals surface area contributed by atoms with Crippen molar-refractivity contribution in [1.29, 1.82) is 0 Å². The van der Waals surface area contributed by atoms with Crippen molar-refractivity contribution in [3.8, 4) is 0 Å². The van der Waals surface area contributed by atoms with E-state index in [1.54, 1.807) is 7.11 Å². The van der Waals surface area contributed by atoms with Gasteiger partial charge in [0.2, 0.25) is 0 Å². The first-order valence-electron chi connectivity index (χ1n) is 5.79. The molecule has 1 aromatic carbocycles. The fourth-order valence-electron chi connectivity index (χ4n) is 1.80. The highest BCUT2D eigenvalue weighted by molar-refractivity contribution is 5.40. The van der Waals surface area contributed by atoms with E-state index in [-0.39, 0.29) is 12.1 Å². The Morgan fingerprint density at radius 1 is 1.47 bits per heavy atom.